The van der Waals surface area contributed by atoms with Gasteiger partial charge in [0.1, 0.15) is 0 Å². The van der Waals surface area contributed by atoms with Crippen molar-refractivity contribution in [2.24, 2.45) is 0 Å². The van der Waals surface area contributed by atoms with Gasteiger partial charge in [0.2, 0.25) is 0 Å². The van der Waals surface area contributed by atoms with Gasteiger partial charge in [-0.15, -0.1) is 0 Å². The molecule has 0 aliphatic heterocycles. The Morgan fingerprint density at radius 1 is 1.18 bits per heavy atom. The van der Waals surface area contributed by atoms with Gasteiger partial charge in [-0.3, -0.25) is 0 Å². The quantitative estimate of drug-likeness (QED) is 0.516. The van der Waals surface area contributed by atoms with Crippen molar-refractivity contribution in [2.45, 2.75) is 44.0 Å². The third-order valence-electron chi connectivity index (χ3n) is 1.58. The van der Waals surface area contributed by atoms with Crippen molar-refractivity contribution in [3.05, 3.63) is 0 Å². The van der Waals surface area contributed by atoms with Crippen LogP contribution in [0.2, 0.25) is 4.44 Å². The zero-order valence-corrected chi connectivity index (χ0v) is 11.7. The van der Waals surface area contributed by atoms with Crippen LogP contribution in [0.3, 0.4) is 0 Å². The first-order valence-electron chi connectivity index (χ1n) is 4.57. The van der Waals surface area contributed by atoms with Crippen molar-refractivity contribution in [2.75, 3.05) is 6.61 Å². The number of halogens is 1. The molecule has 0 aliphatic rings. The molecule has 0 amide bonds. The first-order chi connectivity index (χ1) is 5.31. The van der Waals surface area contributed by atoms with Crippen molar-refractivity contribution in [1.82, 2.24) is 0 Å². The van der Waals surface area contributed by atoms with E-state index in [1.807, 2.05) is 0 Å². The van der Waals surface area contributed by atoms with E-state index in [-0.39, 0.29) is 0 Å². The Kier molecular flexibility index (Phi) is 10.0. The molecule has 1 unspecified atom stereocenters. The molecule has 0 saturated carbocycles. The van der Waals surface area contributed by atoms with Crippen LogP contribution < -0.4 is 0 Å². The van der Waals surface area contributed by atoms with Gasteiger partial charge in [0.25, 0.3) is 0 Å². The summed E-state index contributed by atoms with van der Waals surface area (Å²) in [7, 11) is 6.08. The predicted molar refractivity (Wildman–Crippen MR) is 53.6 cm³/mol. The monoisotopic (exact) mass is 286 g/mol. The topological polar surface area (TPSA) is 9.23 Å². The van der Waals surface area contributed by atoms with Crippen molar-refractivity contribution in [1.29, 1.82) is 0 Å². The van der Waals surface area contributed by atoms with E-state index in [9.17, 15) is 0 Å². The van der Waals surface area contributed by atoms with Gasteiger partial charge in [-0.05, 0) is 0 Å². The molecule has 0 aromatic rings. The fourth-order valence-electron chi connectivity index (χ4n) is 0.803. The number of unbranched alkanes of at least 4 members (excludes halogenated alkanes) is 2. The molecular weight excluding hydrogens is 266 g/mol. The molecule has 0 spiro atoms. The van der Waals surface area contributed by atoms with Crippen molar-refractivity contribution in [3.63, 3.8) is 0 Å². The number of hydrogen-bond acceptors (Lipinski definition) is 1. The van der Waals surface area contributed by atoms with Gasteiger partial charge in [0, 0.05) is 0 Å². The van der Waals surface area contributed by atoms with Crippen LogP contribution in [0.5, 0.6) is 0 Å². The van der Waals surface area contributed by atoms with E-state index >= 15 is 0 Å². The molecule has 0 aromatic heterocycles. The van der Waals surface area contributed by atoms with Crippen molar-refractivity contribution in [3.8, 4) is 0 Å². The second-order valence-electron chi connectivity index (χ2n) is 2.78. The van der Waals surface area contributed by atoms with Gasteiger partial charge in [-0.1, -0.05) is 0 Å². The van der Waals surface area contributed by atoms with Crippen LogP contribution in [0.4, 0.5) is 0 Å². The van der Waals surface area contributed by atoms with Crippen LogP contribution >= 0.6 is 8.92 Å². The Bertz CT molecular complexity index is 80.5. The molecule has 0 aliphatic carbocycles. The van der Waals surface area contributed by atoms with Gasteiger partial charge < -0.3 is 0 Å². The van der Waals surface area contributed by atoms with Crippen LogP contribution in [0.15, 0.2) is 0 Å². The van der Waals surface area contributed by atoms with Gasteiger partial charge in [0.05, 0.1) is 0 Å². The van der Waals surface area contributed by atoms with Crippen molar-refractivity contribution < 1.29 is 3.07 Å². The van der Waals surface area contributed by atoms with Crippen molar-refractivity contribution >= 4 is 28.0 Å². The fourth-order valence-corrected chi connectivity index (χ4v) is 6.20. The first kappa shape index (κ1) is 12.0. The van der Waals surface area contributed by atoms with Crippen LogP contribution in [-0.4, -0.2) is 25.7 Å². The summed E-state index contributed by atoms with van der Waals surface area (Å²) in [6, 6.07) is 0. The molecule has 68 valence electrons. The Balaban J connectivity index is 3.02. The third-order valence-corrected chi connectivity index (χ3v) is 8.06. The summed E-state index contributed by atoms with van der Waals surface area (Å²) >= 11 is -1.91. The van der Waals surface area contributed by atoms with Gasteiger partial charge in [0.15, 0.2) is 0 Å². The molecule has 1 nitrogen and oxygen atoms in total. The van der Waals surface area contributed by atoms with E-state index in [2.05, 4.69) is 13.8 Å². The van der Waals surface area contributed by atoms with E-state index in [4.69, 9.17) is 12.0 Å². The summed E-state index contributed by atoms with van der Waals surface area (Å²) in [5.41, 5.74) is 0. The van der Waals surface area contributed by atoms with E-state index in [1.165, 1.54) is 30.1 Å². The summed E-state index contributed by atoms with van der Waals surface area (Å²) in [5, 5.41) is 0. The van der Waals surface area contributed by atoms with Gasteiger partial charge >= 0.3 is 81.6 Å². The normalized spacial score (nSPS) is 13.4. The molecule has 0 radical (unpaired) electrons. The number of hydrogen-bond donors (Lipinski definition) is 0. The SMILES string of the molecule is CCCC[O][SnH]([Cl])[CH2]CCC. The molecule has 0 N–H and O–H groups in total. The first-order valence-corrected chi connectivity index (χ1v) is 12.4. The Hall–Kier alpha value is 1.05. The summed E-state index contributed by atoms with van der Waals surface area (Å²) in [6.45, 7) is 5.28. The summed E-state index contributed by atoms with van der Waals surface area (Å²) in [6.07, 6.45) is 4.89. The molecule has 11 heavy (non-hydrogen) atoms. The summed E-state index contributed by atoms with van der Waals surface area (Å²) in [4.78, 5) is 0. The molecule has 0 aromatic carbocycles. The zero-order valence-electron chi connectivity index (χ0n) is 7.61. The molecule has 0 saturated heterocycles. The third kappa shape index (κ3) is 8.96. The van der Waals surface area contributed by atoms with Crippen LogP contribution in [0.1, 0.15) is 39.5 Å². The number of rotatable bonds is 7. The Morgan fingerprint density at radius 2 is 1.82 bits per heavy atom. The standard InChI is InChI=1S/C4H9O.C4H9.ClH.Sn.H/c1-2-3-4-5;1-3-4-2;;;/h2-4H2,1H3;1,3-4H2,2H3;1H;;/q-1;;;+2;/p-1. The molecule has 0 heterocycles. The Labute approximate surface area is 81.5 Å². The molecule has 0 bridgehead atoms. The fraction of sp³-hybridized carbons (Fsp3) is 1.00. The summed E-state index contributed by atoms with van der Waals surface area (Å²) in [5.74, 6) is 0. The van der Waals surface area contributed by atoms with Crippen LogP contribution in [0.25, 0.3) is 0 Å². The molecule has 0 fully saturated rings. The zero-order chi connectivity index (χ0) is 8.53. The van der Waals surface area contributed by atoms with Gasteiger partial charge in [-0.25, -0.2) is 0 Å². The van der Waals surface area contributed by atoms with E-state index in [1.54, 1.807) is 0 Å². The molecule has 1 atom stereocenters. The molecule has 0 rings (SSSR count). The average molecular weight is 285 g/mol. The van der Waals surface area contributed by atoms with Crippen LogP contribution in [-0.2, 0) is 3.07 Å². The van der Waals surface area contributed by atoms with E-state index in [0.29, 0.717) is 0 Å². The van der Waals surface area contributed by atoms with E-state index in [0.717, 1.165) is 6.61 Å². The maximum absolute atomic E-state index is 6.08. The molecule has 3 heteroatoms. The minimum absolute atomic E-state index is 0.907. The van der Waals surface area contributed by atoms with Crippen LogP contribution in [0, 0.1) is 0 Å². The maximum atomic E-state index is 6.08. The average Bonchev–Trinajstić information content (AvgIpc) is 2.01. The second-order valence-corrected chi connectivity index (χ2v) is 11.0. The summed E-state index contributed by atoms with van der Waals surface area (Å²) < 4.78 is 6.76. The Morgan fingerprint density at radius 3 is 2.36 bits per heavy atom. The van der Waals surface area contributed by atoms with E-state index < -0.39 is 19.0 Å². The predicted octanol–water partition coefficient (Wildman–Crippen LogP) is 3.06. The van der Waals surface area contributed by atoms with Gasteiger partial charge in [-0.2, -0.15) is 0 Å². The molecular formula is C8H19ClOSn. The minimum atomic E-state index is -1.91. The second kappa shape index (κ2) is 9.14.